The molecule has 2 rings (SSSR count). The summed E-state index contributed by atoms with van der Waals surface area (Å²) in [5, 5.41) is 0. The fourth-order valence-electron chi connectivity index (χ4n) is 1.82. The third-order valence-corrected chi connectivity index (χ3v) is 4.85. The Kier molecular flexibility index (Phi) is 3.46. The molecule has 6 heteroatoms. The monoisotopic (exact) mass is 258 g/mol. The minimum Gasteiger partial charge on any atom is -0.304 e. The Hall–Kier alpha value is -0.980. The number of sulfonamides is 1. The summed E-state index contributed by atoms with van der Waals surface area (Å²) in [5.41, 5.74) is 0. The van der Waals surface area contributed by atoms with Gasteiger partial charge in [0.15, 0.2) is 0 Å². The van der Waals surface area contributed by atoms with Crippen LogP contribution in [0.15, 0.2) is 29.2 Å². The Balaban J connectivity index is 2.28. The highest BCUT2D eigenvalue weighted by Crippen LogP contribution is 2.19. The van der Waals surface area contributed by atoms with E-state index in [0.29, 0.717) is 26.2 Å². The van der Waals surface area contributed by atoms with Crippen molar-refractivity contribution in [2.45, 2.75) is 4.90 Å². The van der Waals surface area contributed by atoms with Gasteiger partial charge in [-0.2, -0.15) is 4.31 Å². The second kappa shape index (κ2) is 4.72. The van der Waals surface area contributed by atoms with Crippen LogP contribution in [0.4, 0.5) is 4.39 Å². The molecule has 1 fully saturated rings. The SMILES string of the molecule is CN1CCN(S(=O)(=O)c2ccccc2F)CC1. The van der Waals surface area contributed by atoms with E-state index in [9.17, 15) is 12.8 Å². The van der Waals surface area contributed by atoms with Crippen molar-refractivity contribution >= 4 is 10.0 Å². The van der Waals surface area contributed by atoms with Crippen LogP contribution in [-0.2, 0) is 10.0 Å². The maximum Gasteiger partial charge on any atom is 0.246 e. The second-order valence-corrected chi connectivity index (χ2v) is 6.04. The molecule has 0 radical (unpaired) electrons. The zero-order chi connectivity index (χ0) is 12.5. The van der Waals surface area contributed by atoms with Gasteiger partial charge in [0.2, 0.25) is 10.0 Å². The Bertz CT molecular complexity index is 496. The van der Waals surface area contributed by atoms with Crippen LogP contribution in [0.5, 0.6) is 0 Å². The number of piperazine rings is 1. The molecule has 17 heavy (non-hydrogen) atoms. The van der Waals surface area contributed by atoms with Gasteiger partial charge < -0.3 is 4.90 Å². The van der Waals surface area contributed by atoms with Gasteiger partial charge >= 0.3 is 0 Å². The van der Waals surface area contributed by atoms with Gasteiger partial charge in [-0.05, 0) is 19.2 Å². The number of benzene rings is 1. The van der Waals surface area contributed by atoms with Gasteiger partial charge in [0.25, 0.3) is 0 Å². The number of halogens is 1. The fraction of sp³-hybridized carbons (Fsp3) is 0.455. The van der Waals surface area contributed by atoms with E-state index < -0.39 is 15.8 Å². The molecule has 0 amide bonds. The van der Waals surface area contributed by atoms with Gasteiger partial charge in [0, 0.05) is 26.2 Å². The molecule has 0 aromatic heterocycles. The lowest BCUT2D eigenvalue weighted by molar-refractivity contribution is 0.222. The van der Waals surface area contributed by atoms with Gasteiger partial charge in [-0.3, -0.25) is 0 Å². The van der Waals surface area contributed by atoms with E-state index in [4.69, 9.17) is 0 Å². The topological polar surface area (TPSA) is 40.6 Å². The maximum absolute atomic E-state index is 13.5. The van der Waals surface area contributed by atoms with Crippen molar-refractivity contribution in [2.75, 3.05) is 33.2 Å². The van der Waals surface area contributed by atoms with Crippen LogP contribution in [0.2, 0.25) is 0 Å². The van der Waals surface area contributed by atoms with E-state index in [-0.39, 0.29) is 4.90 Å². The molecule has 1 heterocycles. The Morgan fingerprint density at radius 2 is 1.71 bits per heavy atom. The van der Waals surface area contributed by atoms with Crippen LogP contribution < -0.4 is 0 Å². The van der Waals surface area contributed by atoms with Gasteiger partial charge in [-0.1, -0.05) is 12.1 Å². The van der Waals surface area contributed by atoms with Crippen LogP contribution in [0.25, 0.3) is 0 Å². The van der Waals surface area contributed by atoms with Crippen LogP contribution >= 0.6 is 0 Å². The zero-order valence-electron chi connectivity index (χ0n) is 9.63. The minimum atomic E-state index is -3.68. The predicted molar refractivity (Wildman–Crippen MR) is 62.7 cm³/mol. The maximum atomic E-state index is 13.5. The highest BCUT2D eigenvalue weighted by Gasteiger charge is 2.29. The first-order valence-electron chi connectivity index (χ1n) is 5.45. The quantitative estimate of drug-likeness (QED) is 0.786. The number of hydrogen-bond donors (Lipinski definition) is 0. The summed E-state index contributed by atoms with van der Waals surface area (Å²) in [6, 6.07) is 5.50. The van der Waals surface area contributed by atoms with Crippen LogP contribution in [-0.4, -0.2) is 50.8 Å². The van der Waals surface area contributed by atoms with Crippen molar-refractivity contribution in [3.05, 3.63) is 30.1 Å². The molecule has 0 bridgehead atoms. The van der Waals surface area contributed by atoms with E-state index in [0.717, 1.165) is 0 Å². The normalized spacial score (nSPS) is 19.4. The molecule has 1 aromatic rings. The second-order valence-electron chi connectivity index (χ2n) is 4.14. The van der Waals surface area contributed by atoms with Crippen LogP contribution in [0, 0.1) is 5.82 Å². The molecule has 0 atom stereocenters. The molecule has 0 spiro atoms. The molecule has 1 aliphatic rings. The van der Waals surface area contributed by atoms with Crippen LogP contribution in [0.1, 0.15) is 0 Å². The molecule has 94 valence electrons. The first kappa shape index (κ1) is 12.5. The van der Waals surface area contributed by atoms with Crippen molar-refractivity contribution in [3.8, 4) is 0 Å². The summed E-state index contributed by atoms with van der Waals surface area (Å²) in [7, 11) is -1.75. The molecule has 1 saturated heterocycles. The summed E-state index contributed by atoms with van der Waals surface area (Å²) in [6.45, 7) is 2.17. The van der Waals surface area contributed by atoms with Crippen LogP contribution in [0.3, 0.4) is 0 Å². The van der Waals surface area contributed by atoms with Gasteiger partial charge in [0.05, 0.1) is 0 Å². The van der Waals surface area contributed by atoms with Gasteiger partial charge in [0.1, 0.15) is 10.7 Å². The van der Waals surface area contributed by atoms with E-state index in [1.54, 1.807) is 0 Å². The van der Waals surface area contributed by atoms with E-state index >= 15 is 0 Å². The summed E-state index contributed by atoms with van der Waals surface area (Å²) in [4.78, 5) is 1.82. The third kappa shape index (κ3) is 2.48. The van der Waals surface area contributed by atoms with Crippen molar-refractivity contribution in [1.82, 2.24) is 9.21 Å². The summed E-state index contributed by atoms with van der Waals surface area (Å²) in [5.74, 6) is -0.688. The average Bonchev–Trinajstić information content (AvgIpc) is 2.30. The molecular formula is C11H15FN2O2S. The first-order chi connectivity index (χ1) is 8.01. The summed E-state index contributed by atoms with van der Waals surface area (Å²) in [6.07, 6.45) is 0. The highest BCUT2D eigenvalue weighted by molar-refractivity contribution is 7.89. The van der Waals surface area contributed by atoms with E-state index in [2.05, 4.69) is 0 Å². The smallest absolute Gasteiger partial charge is 0.246 e. The lowest BCUT2D eigenvalue weighted by Crippen LogP contribution is -2.47. The van der Waals surface area contributed by atoms with Gasteiger partial charge in [-0.25, -0.2) is 12.8 Å². The molecular weight excluding hydrogens is 243 g/mol. The van der Waals surface area contributed by atoms with E-state index in [1.165, 1.54) is 28.6 Å². The minimum absolute atomic E-state index is 0.232. The number of likely N-dealkylation sites (N-methyl/N-ethyl adjacent to an activating group) is 1. The molecule has 1 aromatic carbocycles. The Labute approximate surface area is 101 Å². The lowest BCUT2D eigenvalue weighted by Gasteiger charge is -2.31. The summed E-state index contributed by atoms with van der Waals surface area (Å²) < 4.78 is 39.2. The molecule has 4 nitrogen and oxygen atoms in total. The van der Waals surface area contributed by atoms with Gasteiger partial charge in [-0.15, -0.1) is 0 Å². The number of nitrogens with zero attached hydrogens (tertiary/aromatic N) is 2. The van der Waals surface area contributed by atoms with Crippen molar-refractivity contribution in [1.29, 1.82) is 0 Å². The Morgan fingerprint density at radius 3 is 2.29 bits per heavy atom. The lowest BCUT2D eigenvalue weighted by atomic mass is 10.3. The largest absolute Gasteiger partial charge is 0.304 e. The molecule has 0 unspecified atom stereocenters. The predicted octanol–water partition coefficient (Wildman–Crippen LogP) is 0.762. The number of hydrogen-bond acceptors (Lipinski definition) is 3. The number of rotatable bonds is 2. The highest BCUT2D eigenvalue weighted by atomic mass is 32.2. The zero-order valence-corrected chi connectivity index (χ0v) is 10.5. The molecule has 0 N–H and O–H groups in total. The average molecular weight is 258 g/mol. The Morgan fingerprint density at radius 1 is 1.12 bits per heavy atom. The first-order valence-corrected chi connectivity index (χ1v) is 6.89. The standard InChI is InChI=1S/C11H15FN2O2S/c1-13-6-8-14(9-7-13)17(15,16)11-5-3-2-4-10(11)12/h2-5H,6-9H2,1H3. The van der Waals surface area contributed by atoms with Crippen molar-refractivity contribution in [3.63, 3.8) is 0 Å². The summed E-state index contributed by atoms with van der Waals surface area (Å²) >= 11 is 0. The van der Waals surface area contributed by atoms with E-state index in [1.807, 2.05) is 11.9 Å². The third-order valence-electron chi connectivity index (χ3n) is 2.92. The van der Waals surface area contributed by atoms with Crippen molar-refractivity contribution in [2.24, 2.45) is 0 Å². The van der Waals surface area contributed by atoms with Crippen molar-refractivity contribution < 1.29 is 12.8 Å². The fourth-order valence-corrected chi connectivity index (χ4v) is 3.31. The molecule has 1 aliphatic heterocycles. The molecule has 0 saturated carbocycles. The molecule has 0 aliphatic carbocycles.